The SMILES string of the molecule is CC(C)(C)OC(=O)Nc1sc2ncccc2c1C(=O)N1CCC2(CC1)CC(=O)c1ccccc1O2. The summed E-state index contributed by atoms with van der Waals surface area (Å²) >= 11 is 1.24. The van der Waals surface area contributed by atoms with Crippen molar-refractivity contribution >= 4 is 44.3 Å². The van der Waals surface area contributed by atoms with Gasteiger partial charge in [0.2, 0.25) is 0 Å². The maximum atomic E-state index is 13.7. The van der Waals surface area contributed by atoms with Gasteiger partial charge in [-0.05, 0) is 45.0 Å². The predicted molar refractivity (Wildman–Crippen MR) is 133 cm³/mol. The minimum atomic E-state index is -0.666. The van der Waals surface area contributed by atoms with E-state index in [2.05, 4.69) is 10.3 Å². The Morgan fingerprint density at radius 1 is 1.14 bits per heavy atom. The van der Waals surface area contributed by atoms with Gasteiger partial charge in [-0.1, -0.05) is 23.5 Å². The van der Waals surface area contributed by atoms with Crippen LogP contribution in [-0.4, -0.2) is 52.0 Å². The van der Waals surface area contributed by atoms with Crippen molar-refractivity contribution in [3.8, 4) is 5.75 Å². The van der Waals surface area contributed by atoms with Gasteiger partial charge in [-0.3, -0.25) is 14.9 Å². The Morgan fingerprint density at radius 2 is 1.89 bits per heavy atom. The molecule has 2 aromatic heterocycles. The number of carbonyl (C=O) groups is 3. The highest BCUT2D eigenvalue weighted by atomic mass is 32.1. The van der Waals surface area contributed by atoms with Crippen molar-refractivity contribution < 1.29 is 23.9 Å². The molecule has 1 fully saturated rings. The molecule has 1 aromatic carbocycles. The van der Waals surface area contributed by atoms with Gasteiger partial charge in [0, 0.05) is 37.5 Å². The standard InChI is InChI=1S/C26H27N3O5S/c1-25(2,3)34-24(32)28-22-20(17-8-6-12-27-21(17)35-22)23(31)29-13-10-26(11-14-29)15-18(30)16-7-4-5-9-19(16)33-26/h4-9,12H,10-11,13-15H2,1-3H3,(H,28,32). The van der Waals surface area contributed by atoms with E-state index in [1.807, 2.05) is 24.3 Å². The number of likely N-dealkylation sites (tertiary alicyclic amines) is 1. The molecule has 8 nitrogen and oxygen atoms in total. The molecule has 0 bridgehead atoms. The summed E-state index contributed by atoms with van der Waals surface area (Å²) in [5.74, 6) is 0.500. The molecule has 2 amide bonds. The molecule has 2 aliphatic heterocycles. The summed E-state index contributed by atoms with van der Waals surface area (Å²) < 4.78 is 11.7. The average Bonchev–Trinajstić information content (AvgIpc) is 3.15. The molecule has 3 aromatic rings. The molecule has 5 rings (SSSR count). The highest BCUT2D eigenvalue weighted by molar-refractivity contribution is 7.23. The van der Waals surface area contributed by atoms with E-state index in [1.54, 1.807) is 44.0 Å². The molecule has 1 saturated heterocycles. The van der Waals surface area contributed by atoms with E-state index in [0.29, 0.717) is 64.4 Å². The number of ketones is 1. The molecule has 0 unspecified atom stereocenters. The monoisotopic (exact) mass is 493 g/mol. The van der Waals surface area contributed by atoms with Crippen molar-refractivity contribution in [2.75, 3.05) is 18.4 Å². The lowest BCUT2D eigenvalue weighted by Crippen LogP contribution is -2.52. The first-order chi connectivity index (χ1) is 16.6. The van der Waals surface area contributed by atoms with E-state index in [1.165, 1.54) is 11.3 Å². The van der Waals surface area contributed by atoms with Crippen molar-refractivity contribution in [2.45, 2.75) is 51.2 Å². The van der Waals surface area contributed by atoms with E-state index in [0.717, 1.165) is 0 Å². The molecule has 4 heterocycles. The maximum absolute atomic E-state index is 13.7. The second-order valence-electron chi connectivity index (χ2n) is 9.96. The topological polar surface area (TPSA) is 97.8 Å². The number of nitrogens with one attached hydrogen (secondary N) is 1. The second kappa shape index (κ2) is 8.64. The van der Waals surface area contributed by atoms with Gasteiger partial charge in [0.25, 0.3) is 5.91 Å². The van der Waals surface area contributed by atoms with Crippen LogP contribution in [0.1, 0.15) is 60.7 Å². The Kier molecular flexibility index (Phi) is 5.75. The van der Waals surface area contributed by atoms with E-state index in [9.17, 15) is 14.4 Å². The number of nitrogens with zero attached hydrogens (tertiary/aromatic N) is 2. The van der Waals surface area contributed by atoms with Gasteiger partial charge in [0.1, 0.15) is 26.8 Å². The number of pyridine rings is 1. The number of thiophene rings is 1. The van der Waals surface area contributed by atoms with Crippen molar-refractivity contribution in [1.82, 2.24) is 9.88 Å². The highest BCUT2D eigenvalue weighted by Gasteiger charge is 2.44. The number of anilines is 1. The molecule has 0 saturated carbocycles. The maximum Gasteiger partial charge on any atom is 0.412 e. The van der Waals surface area contributed by atoms with Crippen molar-refractivity contribution in [2.24, 2.45) is 0 Å². The number of rotatable bonds is 2. The summed E-state index contributed by atoms with van der Waals surface area (Å²) in [4.78, 5) is 45.7. The summed E-state index contributed by atoms with van der Waals surface area (Å²) in [7, 11) is 0. The number of Topliss-reactive ketones (excluding diaryl/α,β-unsaturated/α-hetero) is 1. The fourth-order valence-corrected chi connectivity index (χ4v) is 5.65. The fraction of sp³-hybridized carbons (Fsp3) is 0.385. The molecule has 0 aliphatic carbocycles. The number of carbonyl (C=O) groups excluding carboxylic acids is 3. The number of fused-ring (bicyclic) bond motifs is 2. The summed E-state index contributed by atoms with van der Waals surface area (Å²) in [5, 5.41) is 3.85. The van der Waals surface area contributed by atoms with Gasteiger partial charge in [-0.15, -0.1) is 0 Å². The molecular weight excluding hydrogens is 466 g/mol. The normalized spacial score (nSPS) is 17.1. The molecular formula is C26H27N3O5S. The van der Waals surface area contributed by atoms with Crippen molar-refractivity contribution in [3.05, 3.63) is 53.7 Å². The quantitative estimate of drug-likeness (QED) is 0.521. The van der Waals surface area contributed by atoms with Crippen LogP contribution in [0.25, 0.3) is 10.2 Å². The zero-order chi connectivity index (χ0) is 24.8. The van der Waals surface area contributed by atoms with Crippen LogP contribution in [0.5, 0.6) is 5.75 Å². The van der Waals surface area contributed by atoms with Gasteiger partial charge in [-0.25, -0.2) is 9.78 Å². The lowest BCUT2D eigenvalue weighted by atomic mass is 9.82. The zero-order valence-corrected chi connectivity index (χ0v) is 20.7. The van der Waals surface area contributed by atoms with Crippen LogP contribution in [0, 0.1) is 0 Å². The molecule has 2 aliphatic rings. The zero-order valence-electron chi connectivity index (χ0n) is 19.9. The van der Waals surface area contributed by atoms with Crippen molar-refractivity contribution in [3.63, 3.8) is 0 Å². The molecule has 35 heavy (non-hydrogen) atoms. The van der Waals surface area contributed by atoms with Crippen LogP contribution in [-0.2, 0) is 4.74 Å². The van der Waals surface area contributed by atoms with Crippen LogP contribution in [0.3, 0.4) is 0 Å². The number of aromatic nitrogens is 1. The molecule has 9 heteroatoms. The fourth-order valence-electron chi connectivity index (χ4n) is 4.63. The third-order valence-corrected chi connectivity index (χ3v) is 7.28. The van der Waals surface area contributed by atoms with Crippen LogP contribution in [0.2, 0.25) is 0 Å². The largest absolute Gasteiger partial charge is 0.486 e. The Hall–Kier alpha value is -3.46. The number of piperidine rings is 1. The molecule has 0 atom stereocenters. The van der Waals surface area contributed by atoms with Crippen molar-refractivity contribution in [1.29, 1.82) is 0 Å². The molecule has 1 spiro atoms. The van der Waals surface area contributed by atoms with Gasteiger partial charge >= 0.3 is 6.09 Å². The van der Waals surface area contributed by atoms with E-state index in [4.69, 9.17) is 9.47 Å². The Bertz CT molecular complexity index is 1320. The molecule has 1 N–H and O–H groups in total. The predicted octanol–water partition coefficient (Wildman–Crippen LogP) is 5.28. The third kappa shape index (κ3) is 4.60. The molecule has 182 valence electrons. The number of hydrogen-bond donors (Lipinski definition) is 1. The van der Waals surface area contributed by atoms with Gasteiger partial charge < -0.3 is 14.4 Å². The van der Waals surface area contributed by atoms with E-state index >= 15 is 0 Å². The number of para-hydroxylation sites is 1. The lowest BCUT2D eigenvalue weighted by Gasteiger charge is -2.44. The number of ether oxygens (including phenoxy) is 2. The average molecular weight is 494 g/mol. The first-order valence-electron chi connectivity index (χ1n) is 11.6. The van der Waals surface area contributed by atoms with E-state index in [-0.39, 0.29) is 11.7 Å². The number of amides is 2. The number of hydrogen-bond acceptors (Lipinski definition) is 7. The first kappa shape index (κ1) is 23.3. The Morgan fingerprint density at radius 3 is 2.63 bits per heavy atom. The lowest BCUT2D eigenvalue weighted by molar-refractivity contribution is -0.00562. The minimum Gasteiger partial charge on any atom is -0.486 e. The summed E-state index contributed by atoms with van der Waals surface area (Å²) in [6, 6.07) is 10.9. The molecule has 0 radical (unpaired) electrons. The van der Waals surface area contributed by atoms with Gasteiger partial charge in [0.15, 0.2) is 5.78 Å². The van der Waals surface area contributed by atoms with Crippen LogP contribution >= 0.6 is 11.3 Å². The highest BCUT2D eigenvalue weighted by Crippen LogP contribution is 2.41. The van der Waals surface area contributed by atoms with Gasteiger partial charge in [0.05, 0.1) is 17.5 Å². The first-order valence-corrected chi connectivity index (χ1v) is 12.4. The number of benzene rings is 1. The van der Waals surface area contributed by atoms with Crippen LogP contribution in [0.15, 0.2) is 42.6 Å². The summed E-state index contributed by atoms with van der Waals surface area (Å²) in [6.07, 6.45) is 2.44. The smallest absolute Gasteiger partial charge is 0.412 e. The van der Waals surface area contributed by atoms with E-state index < -0.39 is 17.3 Å². The minimum absolute atomic E-state index is 0.0744. The van der Waals surface area contributed by atoms with Gasteiger partial charge in [-0.2, -0.15) is 0 Å². The third-order valence-electron chi connectivity index (χ3n) is 6.25. The van der Waals surface area contributed by atoms with Crippen LogP contribution < -0.4 is 10.1 Å². The Labute approximate surface area is 207 Å². The Balaban J connectivity index is 1.37. The second-order valence-corrected chi connectivity index (χ2v) is 11.0. The van der Waals surface area contributed by atoms with Crippen LogP contribution in [0.4, 0.5) is 9.80 Å². The summed E-state index contributed by atoms with van der Waals surface area (Å²) in [6.45, 7) is 6.23. The summed E-state index contributed by atoms with van der Waals surface area (Å²) in [5.41, 5.74) is -0.240.